The van der Waals surface area contributed by atoms with Gasteiger partial charge in [0, 0.05) is 13.1 Å². The van der Waals surface area contributed by atoms with Crippen LogP contribution in [0.4, 0.5) is 9.18 Å². The van der Waals surface area contributed by atoms with Gasteiger partial charge in [-0.3, -0.25) is 4.79 Å². The van der Waals surface area contributed by atoms with Gasteiger partial charge in [-0.25, -0.2) is 9.18 Å². The van der Waals surface area contributed by atoms with Crippen LogP contribution < -0.4 is 5.32 Å². The summed E-state index contributed by atoms with van der Waals surface area (Å²) in [5, 5.41) is 2.82. The molecule has 4 rings (SSSR count). The predicted molar refractivity (Wildman–Crippen MR) is 84.9 cm³/mol. The van der Waals surface area contributed by atoms with E-state index in [2.05, 4.69) is 5.32 Å². The normalized spacial score (nSPS) is 30.0. The number of piperidine rings is 1. The van der Waals surface area contributed by atoms with Crippen molar-refractivity contribution >= 4 is 12.0 Å². The summed E-state index contributed by atoms with van der Waals surface area (Å²) in [6.45, 7) is 1.56. The Morgan fingerprint density at radius 3 is 2.58 bits per heavy atom. The molecular formula is C18H21FN2O3. The molecule has 2 saturated heterocycles. The number of hydrogen-bond donors (Lipinski definition) is 1. The highest BCUT2D eigenvalue weighted by Crippen LogP contribution is 2.43. The SMILES string of the molecule is O=C1NC2(CCC2C(=O)N2CCC(c3ccccc3F)CC2)CO1. The number of halogens is 1. The van der Waals surface area contributed by atoms with Crippen LogP contribution in [0.25, 0.3) is 0 Å². The van der Waals surface area contributed by atoms with Gasteiger partial charge in [-0.1, -0.05) is 18.2 Å². The van der Waals surface area contributed by atoms with Crippen molar-refractivity contribution in [2.75, 3.05) is 19.7 Å². The summed E-state index contributed by atoms with van der Waals surface area (Å²) in [5.41, 5.74) is 0.262. The maximum atomic E-state index is 13.9. The molecule has 0 aromatic heterocycles. The zero-order chi connectivity index (χ0) is 16.7. The van der Waals surface area contributed by atoms with Gasteiger partial charge in [0.2, 0.25) is 5.91 Å². The number of amides is 2. The van der Waals surface area contributed by atoms with E-state index in [1.54, 1.807) is 6.07 Å². The highest BCUT2D eigenvalue weighted by molar-refractivity contribution is 5.84. The van der Waals surface area contributed by atoms with E-state index in [0.717, 1.165) is 31.2 Å². The van der Waals surface area contributed by atoms with Crippen LogP contribution in [0.1, 0.15) is 37.2 Å². The largest absolute Gasteiger partial charge is 0.447 e. The summed E-state index contributed by atoms with van der Waals surface area (Å²) in [4.78, 5) is 26.0. The number of hydrogen-bond acceptors (Lipinski definition) is 3. The molecule has 6 heteroatoms. The van der Waals surface area contributed by atoms with Gasteiger partial charge in [-0.2, -0.15) is 0 Å². The summed E-state index contributed by atoms with van der Waals surface area (Å²) in [5.74, 6) is -0.0841. The van der Waals surface area contributed by atoms with Gasteiger partial charge in [0.25, 0.3) is 0 Å². The van der Waals surface area contributed by atoms with E-state index in [1.807, 2.05) is 17.0 Å². The van der Waals surface area contributed by atoms with E-state index in [4.69, 9.17) is 4.74 Å². The number of nitrogens with zero attached hydrogens (tertiary/aromatic N) is 1. The summed E-state index contributed by atoms with van der Waals surface area (Å²) in [7, 11) is 0. The minimum Gasteiger partial charge on any atom is -0.447 e. The molecule has 3 aliphatic rings. The quantitative estimate of drug-likeness (QED) is 0.905. The second-order valence-electron chi connectivity index (χ2n) is 7.07. The Balaban J connectivity index is 1.39. The van der Waals surface area contributed by atoms with E-state index in [1.165, 1.54) is 6.07 Å². The first-order chi connectivity index (χ1) is 11.6. The summed E-state index contributed by atoms with van der Waals surface area (Å²) in [6.07, 6.45) is 2.70. The van der Waals surface area contributed by atoms with Crippen molar-refractivity contribution in [1.29, 1.82) is 0 Å². The molecule has 128 valence electrons. The van der Waals surface area contributed by atoms with Crippen LogP contribution >= 0.6 is 0 Å². The maximum Gasteiger partial charge on any atom is 0.407 e. The minimum atomic E-state index is -0.490. The first-order valence-corrected chi connectivity index (χ1v) is 8.57. The fourth-order valence-electron chi connectivity index (χ4n) is 4.23. The Morgan fingerprint density at radius 2 is 2.00 bits per heavy atom. The third-order valence-electron chi connectivity index (χ3n) is 5.81. The van der Waals surface area contributed by atoms with Crippen molar-refractivity contribution in [2.45, 2.75) is 37.1 Å². The molecule has 1 saturated carbocycles. The molecule has 1 aromatic carbocycles. The predicted octanol–water partition coefficient (Wildman–Crippen LogP) is 2.42. The van der Waals surface area contributed by atoms with E-state index >= 15 is 0 Å². The van der Waals surface area contributed by atoms with Crippen molar-refractivity contribution < 1.29 is 18.7 Å². The van der Waals surface area contributed by atoms with Gasteiger partial charge in [0.05, 0.1) is 11.5 Å². The van der Waals surface area contributed by atoms with Crippen LogP contribution in [0, 0.1) is 11.7 Å². The number of nitrogens with one attached hydrogen (secondary N) is 1. The number of carbonyl (C=O) groups is 2. The molecule has 2 heterocycles. The molecule has 0 radical (unpaired) electrons. The highest BCUT2D eigenvalue weighted by Gasteiger charge is 2.56. The van der Waals surface area contributed by atoms with Gasteiger partial charge in [-0.15, -0.1) is 0 Å². The Bertz CT molecular complexity index is 672. The number of carbonyl (C=O) groups excluding carboxylic acids is 2. The smallest absolute Gasteiger partial charge is 0.407 e. The van der Waals surface area contributed by atoms with E-state index < -0.39 is 11.6 Å². The lowest BCUT2D eigenvalue weighted by Gasteiger charge is -2.46. The summed E-state index contributed by atoms with van der Waals surface area (Å²) in [6, 6.07) is 6.89. The average Bonchev–Trinajstić information content (AvgIpc) is 2.99. The molecule has 2 atom stereocenters. The van der Waals surface area contributed by atoms with Gasteiger partial charge in [0.15, 0.2) is 0 Å². The van der Waals surface area contributed by atoms with Gasteiger partial charge < -0.3 is 15.0 Å². The number of rotatable bonds is 2. The molecule has 1 N–H and O–H groups in total. The highest BCUT2D eigenvalue weighted by atomic mass is 19.1. The summed E-state index contributed by atoms with van der Waals surface area (Å²) >= 11 is 0. The Morgan fingerprint density at radius 1 is 1.25 bits per heavy atom. The zero-order valence-corrected chi connectivity index (χ0v) is 13.5. The second kappa shape index (κ2) is 5.76. The van der Waals surface area contributed by atoms with Crippen LogP contribution in [-0.4, -0.2) is 42.1 Å². The van der Waals surface area contributed by atoms with Crippen molar-refractivity contribution in [2.24, 2.45) is 5.92 Å². The second-order valence-corrected chi connectivity index (χ2v) is 7.07. The number of likely N-dealkylation sites (tertiary alicyclic amines) is 1. The van der Waals surface area contributed by atoms with Gasteiger partial charge >= 0.3 is 6.09 Å². The molecule has 5 nitrogen and oxygen atoms in total. The van der Waals surface area contributed by atoms with Crippen molar-refractivity contribution in [3.8, 4) is 0 Å². The van der Waals surface area contributed by atoms with E-state index in [-0.39, 0.29) is 30.2 Å². The molecule has 1 spiro atoms. The summed E-state index contributed by atoms with van der Waals surface area (Å²) < 4.78 is 18.9. The molecule has 2 unspecified atom stereocenters. The Hall–Kier alpha value is -2.11. The average molecular weight is 332 g/mol. The molecule has 24 heavy (non-hydrogen) atoms. The molecule has 0 bridgehead atoms. The van der Waals surface area contributed by atoms with E-state index in [9.17, 15) is 14.0 Å². The molecule has 3 fully saturated rings. The molecule has 2 amide bonds. The Labute approximate surface area is 140 Å². The molecule has 1 aliphatic carbocycles. The van der Waals surface area contributed by atoms with Crippen LogP contribution in [0.5, 0.6) is 0 Å². The zero-order valence-electron chi connectivity index (χ0n) is 13.5. The standard InChI is InChI=1S/C18H21FN2O3/c19-15-4-2-1-3-13(15)12-6-9-21(10-7-12)16(22)14-5-8-18(14)11-24-17(23)20-18/h1-4,12,14H,5-11H2,(H,20,23). The lowest BCUT2D eigenvalue weighted by Crippen LogP contribution is -2.62. The van der Waals surface area contributed by atoms with Gasteiger partial charge in [0.1, 0.15) is 12.4 Å². The van der Waals surface area contributed by atoms with Crippen molar-refractivity contribution in [3.05, 3.63) is 35.6 Å². The van der Waals surface area contributed by atoms with Gasteiger partial charge in [-0.05, 0) is 43.2 Å². The number of ether oxygens (including phenoxy) is 1. The molecule has 1 aromatic rings. The molecular weight excluding hydrogens is 311 g/mol. The first-order valence-electron chi connectivity index (χ1n) is 8.57. The topological polar surface area (TPSA) is 58.6 Å². The van der Waals surface area contributed by atoms with Crippen LogP contribution in [0.2, 0.25) is 0 Å². The lowest BCUT2D eigenvalue weighted by atomic mass is 9.66. The first kappa shape index (κ1) is 15.4. The number of benzene rings is 1. The number of alkyl carbamates (subject to hydrolysis) is 1. The molecule has 2 aliphatic heterocycles. The lowest BCUT2D eigenvalue weighted by molar-refractivity contribution is -0.144. The van der Waals surface area contributed by atoms with Crippen LogP contribution in [0.15, 0.2) is 24.3 Å². The van der Waals surface area contributed by atoms with E-state index in [0.29, 0.717) is 13.1 Å². The van der Waals surface area contributed by atoms with Crippen LogP contribution in [-0.2, 0) is 9.53 Å². The van der Waals surface area contributed by atoms with Crippen molar-refractivity contribution in [1.82, 2.24) is 10.2 Å². The fraction of sp³-hybridized carbons (Fsp3) is 0.556. The van der Waals surface area contributed by atoms with Crippen molar-refractivity contribution in [3.63, 3.8) is 0 Å². The third kappa shape index (κ3) is 2.44. The monoisotopic (exact) mass is 332 g/mol. The fourth-order valence-corrected chi connectivity index (χ4v) is 4.23. The minimum absolute atomic E-state index is 0.0963. The maximum absolute atomic E-state index is 13.9. The Kier molecular flexibility index (Phi) is 3.70. The number of cyclic esters (lactones) is 1. The third-order valence-corrected chi connectivity index (χ3v) is 5.81. The van der Waals surface area contributed by atoms with Crippen LogP contribution in [0.3, 0.4) is 0 Å².